The Hall–Kier alpha value is -1.92. The van der Waals surface area contributed by atoms with Gasteiger partial charge in [0.15, 0.2) is 11.6 Å². The largest absolute Gasteiger partial charge is 0.358 e. The van der Waals surface area contributed by atoms with Gasteiger partial charge in [-0.25, -0.2) is 9.37 Å². The normalized spacial score (nSPS) is 10.0. The van der Waals surface area contributed by atoms with Gasteiger partial charge in [-0.2, -0.15) is 4.98 Å². The van der Waals surface area contributed by atoms with Crippen molar-refractivity contribution in [2.75, 3.05) is 37.8 Å². The molecule has 18 heavy (non-hydrogen) atoms. The number of nitrogens with zero attached hydrogens (tertiary/aromatic N) is 3. The van der Waals surface area contributed by atoms with Gasteiger partial charge in [-0.1, -0.05) is 6.92 Å². The van der Waals surface area contributed by atoms with Crippen molar-refractivity contribution >= 4 is 17.7 Å². The van der Waals surface area contributed by atoms with E-state index in [1.807, 2.05) is 6.92 Å². The van der Waals surface area contributed by atoms with Crippen LogP contribution in [0.1, 0.15) is 13.3 Å². The lowest BCUT2D eigenvalue weighted by atomic mass is 10.4. The van der Waals surface area contributed by atoms with Crippen molar-refractivity contribution in [3.63, 3.8) is 0 Å². The fourth-order valence-corrected chi connectivity index (χ4v) is 1.13. The van der Waals surface area contributed by atoms with Crippen LogP contribution in [0.3, 0.4) is 0 Å². The van der Waals surface area contributed by atoms with Gasteiger partial charge >= 0.3 is 0 Å². The summed E-state index contributed by atoms with van der Waals surface area (Å²) in [6.45, 7) is 2.71. The Labute approximate surface area is 106 Å². The molecule has 0 fully saturated rings. The van der Waals surface area contributed by atoms with Gasteiger partial charge in [0.05, 0.1) is 12.7 Å². The van der Waals surface area contributed by atoms with E-state index in [1.54, 1.807) is 14.1 Å². The Kier molecular flexibility index (Phi) is 5.29. The van der Waals surface area contributed by atoms with E-state index in [-0.39, 0.29) is 18.3 Å². The summed E-state index contributed by atoms with van der Waals surface area (Å²) in [6, 6.07) is 0. The second kappa shape index (κ2) is 6.73. The number of hydrogen-bond donors (Lipinski definition) is 2. The van der Waals surface area contributed by atoms with Crippen molar-refractivity contribution in [3.8, 4) is 0 Å². The molecule has 100 valence electrons. The number of halogens is 1. The summed E-state index contributed by atoms with van der Waals surface area (Å²) in [5.41, 5.74) is 0. The van der Waals surface area contributed by atoms with Gasteiger partial charge in [-0.3, -0.25) is 4.79 Å². The number of likely N-dealkylation sites (N-methyl/N-ethyl adjacent to an activating group) is 1. The molecule has 0 spiro atoms. The van der Waals surface area contributed by atoms with Crippen molar-refractivity contribution in [1.82, 2.24) is 14.9 Å². The summed E-state index contributed by atoms with van der Waals surface area (Å²) in [6.07, 6.45) is 2.00. The molecule has 7 heteroatoms. The molecule has 1 aromatic heterocycles. The molecule has 1 heterocycles. The summed E-state index contributed by atoms with van der Waals surface area (Å²) in [7, 11) is 3.27. The molecule has 0 radical (unpaired) electrons. The van der Waals surface area contributed by atoms with E-state index in [9.17, 15) is 9.18 Å². The smallest absolute Gasteiger partial charge is 0.241 e. The molecule has 6 nitrogen and oxygen atoms in total. The number of rotatable bonds is 6. The SMILES string of the molecule is CCCNc1ncc(F)c(NCC(=O)N(C)C)n1. The molecular formula is C11H18FN5O. The van der Waals surface area contributed by atoms with Crippen LogP contribution in [0.2, 0.25) is 0 Å². The van der Waals surface area contributed by atoms with E-state index in [0.29, 0.717) is 12.5 Å². The quantitative estimate of drug-likeness (QED) is 0.791. The highest BCUT2D eigenvalue weighted by molar-refractivity contribution is 5.80. The topological polar surface area (TPSA) is 70.2 Å². The standard InChI is InChI=1S/C11H18FN5O/c1-4-5-13-11-15-6-8(12)10(16-11)14-7-9(18)17(2)3/h6H,4-5,7H2,1-3H3,(H2,13,14,15,16). The van der Waals surface area contributed by atoms with Crippen molar-refractivity contribution in [3.05, 3.63) is 12.0 Å². The van der Waals surface area contributed by atoms with Crippen LogP contribution in [0.15, 0.2) is 6.20 Å². The number of aromatic nitrogens is 2. The number of nitrogens with one attached hydrogen (secondary N) is 2. The number of anilines is 2. The lowest BCUT2D eigenvalue weighted by Gasteiger charge is -2.12. The molecule has 0 aliphatic carbocycles. The van der Waals surface area contributed by atoms with Gasteiger partial charge in [0, 0.05) is 20.6 Å². The van der Waals surface area contributed by atoms with E-state index >= 15 is 0 Å². The average molecular weight is 255 g/mol. The van der Waals surface area contributed by atoms with Crippen LogP contribution < -0.4 is 10.6 Å². The average Bonchev–Trinajstić information content (AvgIpc) is 2.35. The lowest BCUT2D eigenvalue weighted by molar-refractivity contribution is -0.126. The van der Waals surface area contributed by atoms with Crippen LogP contribution in [0.4, 0.5) is 16.2 Å². The Morgan fingerprint density at radius 3 is 2.78 bits per heavy atom. The minimum atomic E-state index is -0.580. The zero-order valence-electron chi connectivity index (χ0n) is 10.8. The lowest BCUT2D eigenvalue weighted by Crippen LogP contribution is -2.29. The number of carbonyl (C=O) groups excluding carboxylic acids is 1. The van der Waals surface area contributed by atoms with E-state index < -0.39 is 5.82 Å². The van der Waals surface area contributed by atoms with Gasteiger partial charge in [0.2, 0.25) is 11.9 Å². The molecule has 0 aliphatic rings. The molecule has 2 N–H and O–H groups in total. The van der Waals surface area contributed by atoms with Crippen LogP contribution >= 0.6 is 0 Å². The predicted octanol–water partition coefficient (Wildman–Crippen LogP) is 0.938. The van der Waals surface area contributed by atoms with Crippen molar-refractivity contribution in [1.29, 1.82) is 0 Å². The Morgan fingerprint density at radius 2 is 2.17 bits per heavy atom. The van der Waals surface area contributed by atoms with Gasteiger partial charge in [-0.15, -0.1) is 0 Å². The molecule has 1 amide bonds. The third-order valence-electron chi connectivity index (χ3n) is 2.18. The number of amides is 1. The molecule has 0 bridgehead atoms. The third kappa shape index (κ3) is 4.15. The number of carbonyl (C=O) groups is 1. The van der Waals surface area contributed by atoms with Gasteiger partial charge in [-0.05, 0) is 6.42 Å². The number of hydrogen-bond acceptors (Lipinski definition) is 5. The Balaban J connectivity index is 2.66. The summed E-state index contributed by atoms with van der Waals surface area (Å²) < 4.78 is 13.4. The predicted molar refractivity (Wildman–Crippen MR) is 68.0 cm³/mol. The molecule has 0 atom stereocenters. The molecule has 0 aromatic carbocycles. The first kappa shape index (κ1) is 14.1. The minimum absolute atomic E-state index is 0.00580. The molecule has 1 rings (SSSR count). The first-order chi connectivity index (χ1) is 8.54. The Bertz CT molecular complexity index is 410. The second-order valence-corrected chi connectivity index (χ2v) is 3.96. The zero-order chi connectivity index (χ0) is 13.5. The molecular weight excluding hydrogens is 237 g/mol. The fourth-order valence-electron chi connectivity index (χ4n) is 1.13. The highest BCUT2D eigenvalue weighted by Crippen LogP contribution is 2.11. The first-order valence-electron chi connectivity index (χ1n) is 5.75. The van der Waals surface area contributed by atoms with Gasteiger partial charge in [0.1, 0.15) is 0 Å². The maximum Gasteiger partial charge on any atom is 0.241 e. The van der Waals surface area contributed by atoms with Crippen molar-refractivity contribution in [2.45, 2.75) is 13.3 Å². The summed E-state index contributed by atoms with van der Waals surface area (Å²) >= 11 is 0. The van der Waals surface area contributed by atoms with Crippen molar-refractivity contribution < 1.29 is 9.18 Å². The molecule has 0 saturated carbocycles. The van der Waals surface area contributed by atoms with Gasteiger partial charge in [0.25, 0.3) is 0 Å². The van der Waals surface area contributed by atoms with Crippen LogP contribution in [-0.2, 0) is 4.79 Å². The second-order valence-electron chi connectivity index (χ2n) is 3.96. The summed E-state index contributed by atoms with van der Waals surface area (Å²) in [5.74, 6) is -0.364. The van der Waals surface area contributed by atoms with Crippen LogP contribution in [-0.4, -0.2) is 48.0 Å². The molecule has 0 saturated heterocycles. The molecule has 1 aromatic rings. The molecule has 0 unspecified atom stereocenters. The zero-order valence-corrected chi connectivity index (χ0v) is 10.8. The first-order valence-corrected chi connectivity index (χ1v) is 5.75. The summed E-state index contributed by atoms with van der Waals surface area (Å²) in [4.78, 5) is 20.6. The highest BCUT2D eigenvalue weighted by atomic mass is 19.1. The Morgan fingerprint density at radius 1 is 1.44 bits per heavy atom. The van der Waals surface area contributed by atoms with Crippen LogP contribution in [0, 0.1) is 5.82 Å². The molecule has 0 aliphatic heterocycles. The fraction of sp³-hybridized carbons (Fsp3) is 0.545. The summed E-state index contributed by atoms with van der Waals surface area (Å²) in [5, 5.41) is 5.60. The monoisotopic (exact) mass is 255 g/mol. The highest BCUT2D eigenvalue weighted by Gasteiger charge is 2.09. The van der Waals surface area contributed by atoms with E-state index in [2.05, 4.69) is 20.6 Å². The van der Waals surface area contributed by atoms with E-state index in [0.717, 1.165) is 12.6 Å². The maximum absolute atomic E-state index is 13.4. The maximum atomic E-state index is 13.4. The van der Waals surface area contributed by atoms with E-state index in [1.165, 1.54) is 4.90 Å². The van der Waals surface area contributed by atoms with Crippen LogP contribution in [0.25, 0.3) is 0 Å². The van der Waals surface area contributed by atoms with E-state index in [4.69, 9.17) is 0 Å². The van der Waals surface area contributed by atoms with Crippen LogP contribution in [0.5, 0.6) is 0 Å². The van der Waals surface area contributed by atoms with Gasteiger partial charge < -0.3 is 15.5 Å². The third-order valence-corrected chi connectivity index (χ3v) is 2.18. The minimum Gasteiger partial charge on any atom is -0.358 e. The van der Waals surface area contributed by atoms with Crippen molar-refractivity contribution in [2.24, 2.45) is 0 Å².